The summed E-state index contributed by atoms with van der Waals surface area (Å²) in [6.07, 6.45) is -4.89. The standard InChI is InChI=1S/C19H17NO5/c21-15-16(22)18(19(23)20-24)25-17(15)14-10-8-13(9-11-14)7-6-12-4-2-1-3-5-12/h1-5,8-11,15-18,21-22,24H,(H,20,23)/t15-,16+,17-,18-/m0/s1. The zero-order valence-electron chi connectivity index (χ0n) is 13.2. The monoisotopic (exact) mass is 339 g/mol. The summed E-state index contributed by atoms with van der Waals surface area (Å²) in [5, 5.41) is 28.6. The van der Waals surface area contributed by atoms with Crippen molar-refractivity contribution in [2.45, 2.75) is 24.4 Å². The molecule has 0 unspecified atom stereocenters. The number of hydrogen-bond donors (Lipinski definition) is 4. The molecular weight excluding hydrogens is 322 g/mol. The summed E-state index contributed by atoms with van der Waals surface area (Å²) in [4.78, 5) is 11.4. The number of ether oxygens (including phenoxy) is 1. The van der Waals surface area contributed by atoms with E-state index in [1.165, 1.54) is 5.48 Å². The third-order valence-electron chi connectivity index (χ3n) is 4.00. The molecule has 2 aromatic rings. The van der Waals surface area contributed by atoms with E-state index < -0.39 is 30.3 Å². The topological polar surface area (TPSA) is 99.0 Å². The first-order valence-electron chi connectivity index (χ1n) is 7.72. The molecule has 4 N–H and O–H groups in total. The van der Waals surface area contributed by atoms with Crippen LogP contribution in [0.3, 0.4) is 0 Å². The maximum Gasteiger partial charge on any atom is 0.275 e. The van der Waals surface area contributed by atoms with Crippen LogP contribution in [0.4, 0.5) is 0 Å². The van der Waals surface area contributed by atoms with Gasteiger partial charge in [0.1, 0.15) is 18.3 Å². The highest BCUT2D eigenvalue weighted by atomic mass is 16.6. The van der Waals surface area contributed by atoms with E-state index in [0.717, 1.165) is 11.1 Å². The molecule has 4 atom stereocenters. The van der Waals surface area contributed by atoms with Gasteiger partial charge in [0.15, 0.2) is 6.10 Å². The van der Waals surface area contributed by atoms with E-state index in [1.54, 1.807) is 24.3 Å². The van der Waals surface area contributed by atoms with Gasteiger partial charge in [-0.1, -0.05) is 42.2 Å². The van der Waals surface area contributed by atoms with Crippen molar-refractivity contribution in [3.8, 4) is 11.8 Å². The Labute approximate surface area is 144 Å². The van der Waals surface area contributed by atoms with E-state index in [1.807, 2.05) is 30.3 Å². The number of amides is 1. The van der Waals surface area contributed by atoms with E-state index >= 15 is 0 Å². The van der Waals surface area contributed by atoms with Crippen molar-refractivity contribution in [1.29, 1.82) is 0 Å². The number of carbonyl (C=O) groups is 1. The molecule has 25 heavy (non-hydrogen) atoms. The van der Waals surface area contributed by atoms with Crippen molar-refractivity contribution in [2.24, 2.45) is 0 Å². The second-order valence-corrected chi connectivity index (χ2v) is 5.67. The Hall–Kier alpha value is -2.69. The lowest BCUT2D eigenvalue weighted by Crippen LogP contribution is -2.41. The lowest BCUT2D eigenvalue weighted by atomic mass is 10.0. The summed E-state index contributed by atoms with van der Waals surface area (Å²) < 4.78 is 5.39. The summed E-state index contributed by atoms with van der Waals surface area (Å²) >= 11 is 0. The van der Waals surface area contributed by atoms with Crippen molar-refractivity contribution in [1.82, 2.24) is 5.48 Å². The van der Waals surface area contributed by atoms with E-state index in [2.05, 4.69) is 11.8 Å². The number of nitrogens with one attached hydrogen (secondary N) is 1. The number of benzene rings is 2. The maximum atomic E-state index is 11.4. The van der Waals surface area contributed by atoms with Gasteiger partial charge in [0.2, 0.25) is 0 Å². The van der Waals surface area contributed by atoms with Gasteiger partial charge in [0.05, 0.1) is 0 Å². The van der Waals surface area contributed by atoms with E-state index in [4.69, 9.17) is 9.94 Å². The van der Waals surface area contributed by atoms with Crippen LogP contribution < -0.4 is 5.48 Å². The first kappa shape index (κ1) is 17.1. The molecule has 1 amide bonds. The molecule has 3 rings (SSSR count). The minimum absolute atomic E-state index is 0.602. The summed E-state index contributed by atoms with van der Waals surface area (Å²) in [5.74, 6) is 5.18. The van der Waals surface area contributed by atoms with Crippen LogP contribution in [0.15, 0.2) is 54.6 Å². The Morgan fingerprint density at radius 1 is 0.920 bits per heavy atom. The molecule has 1 fully saturated rings. The molecule has 2 aromatic carbocycles. The Morgan fingerprint density at radius 3 is 2.12 bits per heavy atom. The van der Waals surface area contributed by atoms with Gasteiger partial charge in [0, 0.05) is 11.1 Å². The molecule has 0 aromatic heterocycles. The fourth-order valence-electron chi connectivity index (χ4n) is 2.66. The Kier molecular flexibility index (Phi) is 5.12. The predicted molar refractivity (Wildman–Crippen MR) is 88.4 cm³/mol. The van der Waals surface area contributed by atoms with Gasteiger partial charge in [0.25, 0.3) is 5.91 Å². The normalized spacial score (nSPS) is 25.1. The van der Waals surface area contributed by atoms with Crippen molar-refractivity contribution in [3.05, 3.63) is 71.3 Å². The van der Waals surface area contributed by atoms with Crippen LogP contribution in [-0.4, -0.2) is 39.6 Å². The van der Waals surface area contributed by atoms with E-state index in [0.29, 0.717) is 5.56 Å². The number of aliphatic hydroxyl groups is 2. The van der Waals surface area contributed by atoms with Crippen molar-refractivity contribution >= 4 is 5.91 Å². The second-order valence-electron chi connectivity index (χ2n) is 5.67. The third kappa shape index (κ3) is 3.71. The van der Waals surface area contributed by atoms with E-state index in [9.17, 15) is 15.0 Å². The second kappa shape index (κ2) is 7.47. The van der Waals surface area contributed by atoms with Gasteiger partial charge in [-0.2, -0.15) is 0 Å². The highest BCUT2D eigenvalue weighted by molar-refractivity contribution is 5.80. The Bertz CT molecular complexity index is 794. The fraction of sp³-hybridized carbons (Fsp3) is 0.211. The molecule has 128 valence electrons. The molecule has 0 saturated carbocycles. The Morgan fingerprint density at radius 2 is 1.52 bits per heavy atom. The van der Waals surface area contributed by atoms with Crippen molar-refractivity contribution < 1.29 is 25.0 Å². The number of rotatable bonds is 2. The third-order valence-corrected chi connectivity index (χ3v) is 4.00. The van der Waals surface area contributed by atoms with Gasteiger partial charge in [-0.25, -0.2) is 5.48 Å². The highest BCUT2D eigenvalue weighted by Gasteiger charge is 2.46. The maximum absolute atomic E-state index is 11.4. The predicted octanol–water partition coefficient (Wildman–Crippen LogP) is 0.753. The van der Waals surface area contributed by atoms with Crippen LogP contribution in [0.25, 0.3) is 0 Å². The quantitative estimate of drug-likeness (QED) is 0.368. The average molecular weight is 339 g/mol. The highest BCUT2D eigenvalue weighted by Crippen LogP contribution is 2.33. The average Bonchev–Trinajstić information content (AvgIpc) is 2.96. The number of aliphatic hydroxyl groups excluding tert-OH is 2. The number of hydroxylamine groups is 1. The summed E-state index contributed by atoms with van der Waals surface area (Å²) in [7, 11) is 0. The lowest BCUT2D eigenvalue weighted by Gasteiger charge is -2.14. The molecule has 6 heteroatoms. The molecule has 1 saturated heterocycles. The molecule has 0 spiro atoms. The first-order chi connectivity index (χ1) is 12.1. The lowest BCUT2D eigenvalue weighted by molar-refractivity contribution is -0.144. The van der Waals surface area contributed by atoms with Crippen LogP contribution in [0, 0.1) is 11.8 Å². The number of hydrogen-bond acceptors (Lipinski definition) is 5. The molecule has 0 bridgehead atoms. The van der Waals surface area contributed by atoms with Crippen LogP contribution in [0.5, 0.6) is 0 Å². The van der Waals surface area contributed by atoms with Crippen LogP contribution in [-0.2, 0) is 9.53 Å². The molecule has 0 radical (unpaired) electrons. The molecule has 0 aliphatic carbocycles. The van der Waals surface area contributed by atoms with Crippen LogP contribution in [0.1, 0.15) is 22.8 Å². The van der Waals surface area contributed by atoms with Gasteiger partial charge in [-0.15, -0.1) is 0 Å². The zero-order chi connectivity index (χ0) is 17.8. The molecule has 1 aliphatic heterocycles. The minimum Gasteiger partial charge on any atom is -0.387 e. The molecular formula is C19H17NO5. The van der Waals surface area contributed by atoms with Crippen molar-refractivity contribution in [3.63, 3.8) is 0 Å². The SMILES string of the molecule is O=C(NO)[C@H]1O[C@@H](c2ccc(C#Cc3ccccc3)cc2)[C@@H](O)[C@H]1O. The number of carbonyl (C=O) groups excluding carboxylic acids is 1. The van der Waals surface area contributed by atoms with E-state index in [-0.39, 0.29) is 0 Å². The molecule has 1 heterocycles. The summed E-state index contributed by atoms with van der Waals surface area (Å²) in [6, 6.07) is 16.6. The largest absolute Gasteiger partial charge is 0.387 e. The van der Waals surface area contributed by atoms with Gasteiger partial charge >= 0.3 is 0 Å². The van der Waals surface area contributed by atoms with Crippen LogP contribution in [0.2, 0.25) is 0 Å². The summed E-state index contributed by atoms with van der Waals surface area (Å²) in [6.45, 7) is 0. The molecule has 6 nitrogen and oxygen atoms in total. The smallest absolute Gasteiger partial charge is 0.275 e. The van der Waals surface area contributed by atoms with Gasteiger partial charge in [-0.3, -0.25) is 10.0 Å². The van der Waals surface area contributed by atoms with Crippen LogP contribution >= 0.6 is 0 Å². The van der Waals surface area contributed by atoms with Gasteiger partial charge in [-0.05, 0) is 29.8 Å². The zero-order valence-corrected chi connectivity index (χ0v) is 13.2. The Balaban J connectivity index is 1.75. The minimum atomic E-state index is -1.42. The molecule has 1 aliphatic rings. The van der Waals surface area contributed by atoms with Crippen molar-refractivity contribution in [2.75, 3.05) is 0 Å². The first-order valence-corrected chi connectivity index (χ1v) is 7.72. The van der Waals surface area contributed by atoms with Gasteiger partial charge < -0.3 is 14.9 Å². The summed E-state index contributed by atoms with van der Waals surface area (Å²) in [5.41, 5.74) is 3.71. The fourth-order valence-corrected chi connectivity index (χ4v) is 2.66.